The van der Waals surface area contributed by atoms with Crippen LogP contribution in [0.1, 0.15) is 25.3 Å². The van der Waals surface area contributed by atoms with Crippen LogP contribution in [0.15, 0.2) is 71.4 Å². The van der Waals surface area contributed by atoms with E-state index in [9.17, 15) is 14.4 Å². The number of fused-ring (bicyclic) bond motifs is 3. The number of esters is 1. The number of carbonyl (C=O) groups is 1. The normalized spacial score (nSPS) is 11.4. The van der Waals surface area contributed by atoms with Crippen molar-refractivity contribution in [3.05, 3.63) is 74.7 Å². The van der Waals surface area contributed by atoms with Crippen LogP contribution in [0.5, 0.6) is 0 Å². The van der Waals surface area contributed by atoms with Crippen molar-refractivity contribution in [2.45, 2.75) is 26.4 Å². The molecule has 0 aliphatic rings. The summed E-state index contributed by atoms with van der Waals surface area (Å²) in [5, 5.41) is 1.03. The molecule has 0 unspecified atom stereocenters. The minimum atomic E-state index is -0.571. The van der Waals surface area contributed by atoms with E-state index in [2.05, 4.69) is 4.98 Å². The van der Waals surface area contributed by atoms with Crippen LogP contribution in [0.2, 0.25) is 0 Å². The van der Waals surface area contributed by atoms with Crippen LogP contribution >= 0.6 is 0 Å². The molecule has 160 valence electrons. The van der Waals surface area contributed by atoms with Gasteiger partial charge in [-0.15, -0.1) is 0 Å². The maximum absolute atomic E-state index is 12.4. The van der Waals surface area contributed by atoms with Crippen LogP contribution in [0.3, 0.4) is 0 Å². The van der Waals surface area contributed by atoms with Gasteiger partial charge in [0.15, 0.2) is 16.8 Å². The number of rotatable bonds is 5. The van der Waals surface area contributed by atoms with Crippen molar-refractivity contribution in [2.24, 2.45) is 0 Å². The Morgan fingerprint density at radius 1 is 0.938 bits per heavy atom. The van der Waals surface area contributed by atoms with E-state index >= 15 is 0 Å². The summed E-state index contributed by atoms with van der Waals surface area (Å²) >= 11 is 0. The van der Waals surface area contributed by atoms with Gasteiger partial charge >= 0.3 is 11.6 Å². The summed E-state index contributed by atoms with van der Waals surface area (Å²) in [5.41, 5.74) is 1.24. The van der Waals surface area contributed by atoms with Crippen molar-refractivity contribution in [1.82, 2.24) is 4.98 Å². The van der Waals surface area contributed by atoms with E-state index in [-0.39, 0.29) is 35.2 Å². The fraction of sp³-hybridized carbons (Fsp3) is 0.167. The summed E-state index contributed by atoms with van der Waals surface area (Å²) in [5.74, 6) is -0.0365. The van der Waals surface area contributed by atoms with Crippen LogP contribution in [0, 0.1) is 0 Å². The Morgan fingerprint density at radius 3 is 2.62 bits per heavy atom. The molecule has 0 aliphatic carbocycles. The lowest BCUT2D eigenvalue weighted by molar-refractivity contribution is -0.144. The van der Waals surface area contributed by atoms with Crippen LogP contribution in [0.4, 0.5) is 0 Å². The van der Waals surface area contributed by atoms with Gasteiger partial charge in [-0.25, -0.2) is 9.78 Å². The Bertz CT molecular complexity index is 1610. The molecule has 2 aromatic carbocycles. The van der Waals surface area contributed by atoms with Gasteiger partial charge in [-0.1, -0.05) is 19.1 Å². The monoisotopic (exact) mass is 431 g/mol. The molecule has 32 heavy (non-hydrogen) atoms. The SMILES string of the molecule is CCCC(=O)OCc1cc(=O)oc2cc3oc(-c4cc(=O)c5ccccc5o4)nc3cc12. The van der Waals surface area contributed by atoms with Crippen molar-refractivity contribution in [3.63, 3.8) is 0 Å². The first-order valence-electron chi connectivity index (χ1n) is 10.1. The third-order valence-electron chi connectivity index (χ3n) is 5.03. The Balaban J connectivity index is 1.60. The number of hydrogen-bond acceptors (Lipinski definition) is 8. The summed E-state index contributed by atoms with van der Waals surface area (Å²) in [7, 11) is 0. The van der Waals surface area contributed by atoms with Crippen molar-refractivity contribution >= 4 is 39.0 Å². The molecule has 5 aromatic rings. The van der Waals surface area contributed by atoms with Crippen molar-refractivity contribution in [3.8, 4) is 11.7 Å². The van der Waals surface area contributed by atoms with Crippen LogP contribution < -0.4 is 11.1 Å². The second-order valence-corrected chi connectivity index (χ2v) is 7.31. The minimum Gasteiger partial charge on any atom is -0.461 e. The summed E-state index contributed by atoms with van der Waals surface area (Å²) in [6.07, 6.45) is 0.969. The highest BCUT2D eigenvalue weighted by Crippen LogP contribution is 2.29. The number of nitrogens with zero attached hydrogens (tertiary/aromatic N) is 1. The number of hydrogen-bond donors (Lipinski definition) is 0. The standard InChI is InChI=1S/C24H17NO7/c1-2-5-22(27)29-12-13-8-23(28)31-19-11-20-16(9-15(13)19)25-24(32-20)21-10-17(26)14-6-3-4-7-18(14)30-21/h3-4,6-11H,2,5,12H2,1H3. The van der Waals surface area contributed by atoms with Gasteiger partial charge < -0.3 is 18.0 Å². The first-order chi connectivity index (χ1) is 15.5. The highest BCUT2D eigenvalue weighted by Gasteiger charge is 2.16. The van der Waals surface area contributed by atoms with Gasteiger partial charge in [-0.2, -0.15) is 0 Å². The third kappa shape index (κ3) is 3.56. The molecule has 3 heterocycles. The second-order valence-electron chi connectivity index (χ2n) is 7.31. The van der Waals surface area contributed by atoms with Gasteiger partial charge in [0.2, 0.25) is 0 Å². The smallest absolute Gasteiger partial charge is 0.336 e. The maximum Gasteiger partial charge on any atom is 0.336 e. The number of carbonyl (C=O) groups excluding carboxylic acids is 1. The lowest BCUT2D eigenvalue weighted by atomic mass is 10.1. The number of ether oxygens (including phenoxy) is 1. The largest absolute Gasteiger partial charge is 0.461 e. The lowest BCUT2D eigenvalue weighted by Crippen LogP contribution is -2.07. The highest BCUT2D eigenvalue weighted by atomic mass is 16.5. The summed E-state index contributed by atoms with van der Waals surface area (Å²) in [4.78, 5) is 40.6. The number of oxazole rings is 1. The van der Waals surface area contributed by atoms with Gasteiger partial charge in [0, 0.05) is 35.6 Å². The van der Waals surface area contributed by atoms with Crippen molar-refractivity contribution < 1.29 is 22.8 Å². The molecule has 0 amide bonds. The van der Waals surface area contributed by atoms with Gasteiger partial charge in [-0.3, -0.25) is 9.59 Å². The predicted octanol–water partition coefficient (Wildman–Crippen LogP) is 4.55. The molecule has 0 atom stereocenters. The number of para-hydroxylation sites is 1. The summed E-state index contributed by atoms with van der Waals surface area (Å²) in [6.45, 7) is 1.82. The average Bonchev–Trinajstić information content (AvgIpc) is 3.19. The van der Waals surface area contributed by atoms with Crippen molar-refractivity contribution in [1.29, 1.82) is 0 Å². The Hall–Kier alpha value is -4.20. The van der Waals surface area contributed by atoms with E-state index in [4.69, 9.17) is 18.0 Å². The molecule has 0 spiro atoms. The molecule has 8 nitrogen and oxygen atoms in total. The molecule has 0 fully saturated rings. The molecule has 5 rings (SSSR count). The van der Waals surface area contributed by atoms with Crippen LogP contribution in [0.25, 0.3) is 44.7 Å². The van der Waals surface area contributed by atoms with E-state index in [1.54, 1.807) is 36.4 Å². The van der Waals surface area contributed by atoms with E-state index in [0.29, 0.717) is 45.9 Å². The summed E-state index contributed by atoms with van der Waals surface area (Å²) < 4.78 is 22.1. The maximum atomic E-state index is 12.4. The Kier molecular flexibility index (Phi) is 4.82. The van der Waals surface area contributed by atoms with Crippen LogP contribution in [-0.2, 0) is 16.1 Å². The zero-order valence-electron chi connectivity index (χ0n) is 17.0. The second kappa shape index (κ2) is 7.81. The molecular weight excluding hydrogens is 414 g/mol. The molecule has 0 saturated carbocycles. The molecule has 8 heteroatoms. The van der Waals surface area contributed by atoms with Gasteiger partial charge in [-0.05, 0) is 24.6 Å². The number of benzene rings is 2. The van der Waals surface area contributed by atoms with Crippen molar-refractivity contribution in [2.75, 3.05) is 0 Å². The van der Waals surface area contributed by atoms with E-state index in [1.165, 1.54) is 12.1 Å². The lowest BCUT2D eigenvalue weighted by Gasteiger charge is -2.06. The minimum absolute atomic E-state index is 0.0588. The quantitative estimate of drug-likeness (QED) is 0.294. The molecule has 0 bridgehead atoms. The average molecular weight is 431 g/mol. The predicted molar refractivity (Wildman–Crippen MR) is 116 cm³/mol. The van der Waals surface area contributed by atoms with E-state index in [0.717, 1.165) is 0 Å². The molecule has 0 radical (unpaired) electrons. The van der Waals surface area contributed by atoms with E-state index in [1.807, 2.05) is 6.92 Å². The van der Waals surface area contributed by atoms with Crippen LogP contribution in [-0.4, -0.2) is 11.0 Å². The van der Waals surface area contributed by atoms with Gasteiger partial charge in [0.1, 0.15) is 23.3 Å². The molecular formula is C24H17NO7. The molecule has 0 N–H and O–H groups in total. The number of aromatic nitrogens is 1. The fourth-order valence-electron chi connectivity index (χ4n) is 3.52. The molecule has 0 aliphatic heterocycles. The summed E-state index contributed by atoms with van der Waals surface area (Å²) in [6, 6.07) is 12.7. The zero-order valence-corrected chi connectivity index (χ0v) is 17.0. The Labute approximate surface area is 180 Å². The van der Waals surface area contributed by atoms with Gasteiger partial charge in [0.25, 0.3) is 5.89 Å². The first-order valence-corrected chi connectivity index (χ1v) is 10.1. The Morgan fingerprint density at radius 2 is 1.78 bits per heavy atom. The fourth-order valence-corrected chi connectivity index (χ4v) is 3.52. The van der Waals surface area contributed by atoms with Gasteiger partial charge in [0.05, 0.1) is 5.39 Å². The topological polar surface area (TPSA) is 113 Å². The third-order valence-corrected chi connectivity index (χ3v) is 5.03. The zero-order chi connectivity index (χ0) is 22.2. The van der Waals surface area contributed by atoms with E-state index < -0.39 is 5.63 Å². The molecule has 3 aromatic heterocycles. The highest BCUT2D eigenvalue weighted by molar-refractivity contribution is 5.93. The first kappa shape index (κ1) is 19.7. The molecule has 0 saturated heterocycles.